The molecule has 0 saturated carbocycles. The predicted octanol–water partition coefficient (Wildman–Crippen LogP) is 2.29. The Morgan fingerprint density at radius 1 is 1.52 bits per heavy atom. The number of thiazole rings is 1. The van der Waals surface area contributed by atoms with Crippen LogP contribution in [0.1, 0.15) is 17.3 Å². The van der Waals surface area contributed by atoms with Crippen LogP contribution in [0.4, 0.5) is 4.39 Å². The van der Waals surface area contributed by atoms with Crippen LogP contribution in [0.25, 0.3) is 4.96 Å². The summed E-state index contributed by atoms with van der Waals surface area (Å²) in [7, 11) is 1.44. The number of nitrogens with zero attached hydrogens (tertiary/aromatic N) is 2. The molecular weight excluding hydrogens is 291 g/mol. The van der Waals surface area contributed by atoms with Crippen molar-refractivity contribution >= 4 is 16.3 Å². The molecule has 0 aliphatic carbocycles. The summed E-state index contributed by atoms with van der Waals surface area (Å²) in [6.07, 6.45) is 4.54. The molecule has 2 heterocycles. The number of nitrogens with one attached hydrogen (secondary N) is 1. The minimum absolute atomic E-state index is 0.163. The van der Waals surface area contributed by atoms with Crippen molar-refractivity contribution in [2.24, 2.45) is 5.84 Å². The van der Waals surface area contributed by atoms with Crippen molar-refractivity contribution in [2.75, 3.05) is 7.11 Å². The Hall–Kier alpha value is -1.96. The zero-order valence-corrected chi connectivity index (χ0v) is 12.2. The fourth-order valence-corrected chi connectivity index (χ4v) is 2.97. The third kappa shape index (κ3) is 2.76. The van der Waals surface area contributed by atoms with Gasteiger partial charge < -0.3 is 4.74 Å². The van der Waals surface area contributed by atoms with E-state index in [2.05, 4.69) is 10.4 Å². The van der Waals surface area contributed by atoms with Gasteiger partial charge in [-0.2, -0.15) is 0 Å². The number of rotatable bonds is 5. The quantitative estimate of drug-likeness (QED) is 0.561. The Labute approximate surface area is 125 Å². The molecule has 1 atom stereocenters. The van der Waals surface area contributed by atoms with Crippen LogP contribution >= 0.6 is 11.3 Å². The van der Waals surface area contributed by atoms with Crippen molar-refractivity contribution in [1.82, 2.24) is 14.8 Å². The standard InChI is InChI=1S/C14H15FN4OS/c1-20-13-6-9(2-3-11(13)15)12(18-16)7-10-8-19-4-5-21-14(19)17-10/h2-6,8,12,18H,7,16H2,1H3. The highest BCUT2D eigenvalue weighted by molar-refractivity contribution is 7.15. The highest BCUT2D eigenvalue weighted by Crippen LogP contribution is 2.25. The number of hydrazine groups is 1. The third-order valence-electron chi connectivity index (χ3n) is 3.34. The number of halogens is 1. The van der Waals surface area contributed by atoms with Crippen LogP contribution in [0.15, 0.2) is 36.0 Å². The Kier molecular flexibility index (Phi) is 3.87. The summed E-state index contributed by atoms with van der Waals surface area (Å²) in [5.41, 5.74) is 4.53. The van der Waals surface area contributed by atoms with Gasteiger partial charge in [0.2, 0.25) is 0 Å². The van der Waals surface area contributed by atoms with Gasteiger partial charge in [0.05, 0.1) is 18.8 Å². The van der Waals surface area contributed by atoms with Gasteiger partial charge in [-0.1, -0.05) is 6.07 Å². The number of ether oxygens (including phenoxy) is 1. The average Bonchev–Trinajstić information content (AvgIpc) is 3.06. The first-order valence-corrected chi connectivity index (χ1v) is 7.30. The molecule has 2 aromatic heterocycles. The van der Waals surface area contributed by atoms with Crippen molar-refractivity contribution in [2.45, 2.75) is 12.5 Å². The summed E-state index contributed by atoms with van der Waals surface area (Å²) in [5, 5.41) is 1.98. The topological polar surface area (TPSA) is 64.6 Å². The van der Waals surface area contributed by atoms with E-state index in [1.807, 2.05) is 22.2 Å². The van der Waals surface area contributed by atoms with E-state index >= 15 is 0 Å². The van der Waals surface area contributed by atoms with Crippen molar-refractivity contribution < 1.29 is 9.13 Å². The lowest BCUT2D eigenvalue weighted by atomic mass is 10.0. The molecule has 0 bridgehead atoms. The van der Waals surface area contributed by atoms with E-state index in [1.54, 1.807) is 23.5 Å². The van der Waals surface area contributed by atoms with Gasteiger partial charge in [0.15, 0.2) is 16.5 Å². The van der Waals surface area contributed by atoms with Crippen LogP contribution in [-0.2, 0) is 6.42 Å². The number of hydrogen-bond donors (Lipinski definition) is 2. The highest BCUT2D eigenvalue weighted by Gasteiger charge is 2.15. The third-order valence-corrected chi connectivity index (χ3v) is 4.11. The monoisotopic (exact) mass is 306 g/mol. The SMILES string of the molecule is COc1cc(C(Cc2cn3ccsc3n2)NN)ccc1F. The van der Waals surface area contributed by atoms with E-state index in [0.717, 1.165) is 16.2 Å². The molecule has 110 valence electrons. The van der Waals surface area contributed by atoms with Crippen molar-refractivity contribution in [1.29, 1.82) is 0 Å². The van der Waals surface area contributed by atoms with Gasteiger partial charge in [-0.15, -0.1) is 11.3 Å². The molecule has 0 fully saturated rings. The van der Waals surface area contributed by atoms with Crippen molar-refractivity contribution in [3.8, 4) is 5.75 Å². The number of hydrogen-bond acceptors (Lipinski definition) is 5. The maximum atomic E-state index is 13.5. The Morgan fingerprint density at radius 3 is 3.10 bits per heavy atom. The van der Waals surface area contributed by atoms with E-state index in [0.29, 0.717) is 6.42 Å². The molecule has 7 heteroatoms. The second-order valence-corrected chi connectivity index (χ2v) is 5.52. The molecule has 3 N–H and O–H groups in total. The lowest BCUT2D eigenvalue weighted by Gasteiger charge is -2.16. The molecule has 0 aliphatic heterocycles. The molecule has 5 nitrogen and oxygen atoms in total. The van der Waals surface area contributed by atoms with Gasteiger partial charge in [0.25, 0.3) is 0 Å². The maximum absolute atomic E-state index is 13.5. The van der Waals surface area contributed by atoms with E-state index in [9.17, 15) is 4.39 Å². The number of imidazole rings is 1. The maximum Gasteiger partial charge on any atom is 0.193 e. The van der Waals surface area contributed by atoms with Gasteiger partial charge in [0.1, 0.15) is 0 Å². The average molecular weight is 306 g/mol. The molecule has 1 aromatic carbocycles. The van der Waals surface area contributed by atoms with Crippen molar-refractivity contribution in [3.63, 3.8) is 0 Å². The van der Waals surface area contributed by atoms with E-state index in [4.69, 9.17) is 10.6 Å². The van der Waals surface area contributed by atoms with Gasteiger partial charge in [-0.3, -0.25) is 15.7 Å². The highest BCUT2D eigenvalue weighted by atomic mass is 32.1. The summed E-state index contributed by atoms with van der Waals surface area (Å²) < 4.78 is 20.4. The Balaban J connectivity index is 1.85. The first kappa shape index (κ1) is 14.0. The fourth-order valence-electron chi connectivity index (χ4n) is 2.25. The van der Waals surface area contributed by atoms with Crippen LogP contribution in [-0.4, -0.2) is 16.5 Å². The van der Waals surface area contributed by atoms with Gasteiger partial charge in [-0.05, 0) is 17.7 Å². The molecule has 3 aromatic rings. The summed E-state index contributed by atoms with van der Waals surface area (Å²) >= 11 is 1.58. The first-order chi connectivity index (χ1) is 10.2. The molecule has 0 radical (unpaired) electrons. The second-order valence-electron chi connectivity index (χ2n) is 4.64. The normalized spacial score (nSPS) is 12.7. The van der Waals surface area contributed by atoms with Gasteiger partial charge >= 0.3 is 0 Å². The number of benzene rings is 1. The van der Waals surface area contributed by atoms with E-state index < -0.39 is 0 Å². The molecule has 21 heavy (non-hydrogen) atoms. The fraction of sp³-hybridized carbons (Fsp3) is 0.214. The van der Waals surface area contributed by atoms with E-state index in [-0.39, 0.29) is 17.6 Å². The predicted molar refractivity (Wildman–Crippen MR) is 79.8 cm³/mol. The Morgan fingerprint density at radius 2 is 2.38 bits per heavy atom. The largest absolute Gasteiger partial charge is 0.494 e. The molecule has 3 rings (SSSR count). The van der Waals surface area contributed by atoms with Crippen LogP contribution in [0.5, 0.6) is 5.75 Å². The molecule has 1 unspecified atom stereocenters. The Bertz CT molecular complexity index is 726. The number of aromatic nitrogens is 2. The van der Waals surface area contributed by atoms with Crippen LogP contribution in [0, 0.1) is 5.82 Å². The van der Waals surface area contributed by atoms with Crippen molar-refractivity contribution in [3.05, 3.63) is 53.0 Å². The second kappa shape index (κ2) is 5.80. The molecule has 0 saturated heterocycles. The zero-order chi connectivity index (χ0) is 14.8. The molecular formula is C14H15FN4OS. The number of nitrogens with two attached hydrogens (primary N) is 1. The number of fused-ring (bicyclic) bond motifs is 1. The minimum atomic E-state index is -0.389. The first-order valence-electron chi connectivity index (χ1n) is 6.42. The lowest BCUT2D eigenvalue weighted by molar-refractivity contribution is 0.384. The summed E-state index contributed by atoms with van der Waals surface area (Å²) in [4.78, 5) is 5.47. The number of methoxy groups -OCH3 is 1. The van der Waals surface area contributed by atoms with Crippen LogP contribution < -0.4 is 16.0 Å². The van der Waals surface area contributed by atoms with Crippen LogP contribution in [0.3, 0.4) is 0 Å². The lowest BCUT2D eigenvalue weighted by Crippen LogP contribution is -2.29. The minimum Gasteiger partial charge on any atom is -0.494 e. The molecule has 0 aliphatic rings. The van der Waals surface area contributed by atoms with Crippen LogP contribution in [0.2, 0.25) is 0 Å². The van der Waals surface area contributed by atoms with Gasteiger partial charge in [0, 0.05) is 24.2 Å². The summed E-state index contributed by atoms with van der Waals surface area (Å²) in [6, 6.07) is 4.56. The smallest absolute Gasteiger partial charge is 0.193 e. The zero-order valence-electron chi connectivity index (χ0n) is 11.4. The van der Waals surface area contributed by atoms with Gasteiger partial charge in [-0.25, -0.2) is 9.37 Å². The molecule has 0 spiro atoms. The van der Waals surface area contributed by atoms with E-state index in [1.165, 1.54) is 13.2 Å². The summed E-state index contributed by atoms with van der Waals surface area (Å²) in [6.45, 7) is 0. The molecule has 0 amide bonds. The summed E-state index contributed by atoms with van der Waals surface area (Å²) in [5.74, 6) is 5.45.